The lowest BCUT2D eigenvalue weighted by atomic mass is 9.94. The van der Waals surface area contributed by atoms with E-state index >= 15 is 0 Å². The van der Waals surface area contributed by atoms with Crippen molar-refractivity contribution in [3.8, 4) is 17.6 Å². The summed E-state index contributed by atoms with van der Waals surface area (Å²) in [6.45, 7) is 0.263. The Kier molecular flexibility index (Phi) is 7.13. The third-order valence-corrected chi connectivity index (χ3v) is 7.10. The Balaban J connectivity index is 1.50. The van der Waals surface area contributed by atoms with Crippen molar-refractivity contribution in [1.29, 1.82) is 5.26 Å². The number of nitriles is 1. The van der Waals surface area contributed by atoms with E-state index in [-0.39, 0.29) is 18.6 Å². The molecule has 1 saturated carbocycles. The molecule has 2 aromatic carbocycles. The second kappa shape index (κ2) is 10.2. The summed E-state index contributed by atoms with van der Waals surface area (Å²) in [4.78, 5) is 15.5. The van der Waals surface area contributed by atoms with Gasteiger partial charge in [0.1, 0.15) is 10.9 Å². The summed E-state index contributed by atoms with van der Waals surface area (Å²) in [7, 11) is 1.58. The van der Waals surface area contributed by atoms with Gasteiger partial charge in [0.15, 0.2) is 11.5 Å². The van der Waals surface area contributed by atoms with Gasteiger partial charge < -0.3 is 9.47 Å². The van der Waals surface area contributed by atoms with Crippen LogP contribution in [0.1, 0.15) is 48.8 Å². The number of thioether (sulfide) groups is 1. The SMILES string of the molecule is COc1cc(C=C2SC(=S)N(C3CCCCC3)C2=O)ccc1OCc1ccccc1C#N. The van der Waals surface area contributed by atoms with Gasteiger partial charge in [-0.3, -0.25) is 9.69 Å². The number of carbonyl (C=O) groups is 1. The number of amides is 1. The predicted molar refractivity (Wildman–Crippen MR) is 130 cm³/mol. The highest BCUT2D eigenvalue weighted by Crippen LogP contribution is 2.38. The average Bonchev–Trinajstić information content (AvgIpc) is 3.11. The number of nitrogens with zero attached hydrogens (tertiary/aromatic N) is 2. The summed E-state index contributed by atoms with van der Waals surface area (Å²) in [5.41, 5.74) is 2.24. The molecule has 32 heavy (non-hydrogen) atoms. The Morgan fingerprint density at radius 2 is 1.97 bits per heavy atom. The highest BCUT2D eigenvalue weighted by atomic mass is 32.2. The van der Waals surface area contributed by atoms with E-state index in [0.29, 0.717) is 26.3 Å². The smallest absolute Gasteiger partial charge is 0.266 e. The van der Waals surface area contributed by atoms with Crippen LogP contribution in [0, 0.1) is 11.3 Å². The van der Waals surface area contributed by atoms with E-state index in [9.17, 15) is 10.1 Å². The van der Waals surface area contributed by atoms with Crippen LogP contribution in [0.15, 0.2) is 47.4 Å². The first-order valence-corrected chi connectivity index (χ1v) is 11.9. The van der Waals surface area contributed by atoms with Gasteiger partial charge in [-0.05, 0) is 42.7 Å². The number of ether oxygens (including phenoxy) is 2. The Labute approximate surface area is 198 Å². The molecular formula is C25H24N2O3S2. The second-order valence-electron chi connectivity index (χ2n) is 7.81. The molecule has 0 bridgehead atoms. The van der Waals surface area contributed by atoms with Crippen molar-refractivity contribution in [3.63, 3.8) is 0 Å². The maximum absolute atomic E-state index is 13.0. The van der Waals surface area contributed by atoms with Crippen LogP contribution in [0.2, 0.25) is 0 Å². The summed E-state index contributed by atoms with van der Waals surface area (Å²) in [5.74, 6) is 1.14. The van der Waals surface area contributed by atoms with Gasteiger partial charge in [-0.2, -0.15) is 5.26 Å². The summed E-state index contributed by atoms with van der Waals surface area (Å²) < 4.78 is 12.1. The van der Waals surface area contributed by atoms with Crippen molar-refractivity contribution < 1.29 is 14.3 Å². The molecule has 0 atom stereocenters. The van der Waals surface area contributed by atoms with Gasteiger partial charge in [0.2, 0.25) is 0 Å². The monoisotopic (exact) mass is 464 g/mol. The van der Waals surface area contributed by atoms with Crippen molar-refractivity contribution in [2.75, 3.05) is 7.11 Å². The molecule has 1 aliphatic heterocycles. The normalized spacial score (nSPS) is 18.1. The number of hydrogen-bond donors (Lipinski definition) is 0. The van der Waals surface area contributed by atoms with E-state index in [0.717, 1.165) is 36.8 Å². The van der Waals surface area contributed by atoms with E-state index in [1.165, 1.54) is 18.2 Å². The Morgan fingerprint density at radius 1 is 1.19 bits per heavy atom. The molecule has 0 radical (unpaired) electrons. The van der Waals surface area contributed by atoms with Gasteiger partial charge in [0, 0.05) is 11.6 Å². The topological polar surface area (TPSA) is 62.6 Å². The molecule has 7 heteroatoms. The quantitative estimate of drug-likeness (QED) is 0.405. The van der Waals surface area contributed by atoms with Crippen LogP contribution in [0.5, 0.6) is 11.5 Å². The minimum absolute atomic E-state index is 0.000645. The highest BCUT2D eigenvalue weighted by molar-refractivity contribution is 8.26. The third-order valence-electron chi connectivity index (χ3n) is 5.77. The molecule has 2 aliphatic rings. The van der Waals surface area contributed by atoms with Crippen molar-refractivity contribution in [1.82, 2.24) is 4.90 Å². The molecule has 2 fully saturated rings. The Hall–Kier alpha value is -2.82. The van der Waals surface area contributed by atoms with Gasteiger partial charge in [-0.1, -0.05) is 67.5 Å². The van der Waals surface area contributed by atoms with Crippen LogP contribution >= 0.6 is 24.0 Å². The lowest BCUT2D eigenvalue weighted by Crippen LogP contribution is -2.39. The predicted octanol–water partition coefficient (Wildman–Crippen LogP) is 5.68. The number of rotatable bonds is 6. The molecule has 1 heterocycles. The van der Waals surface area contributed by atoms with Gasteiger partial charge >= 0.3 is 0 Å². The highest BCUT2D eigenvalue weighted by Gasteiger charge is 2.37. The van der Waals surface area contributed by atoms with Crippen molar-refractivity contribution in [2.45, 2.75) is 44.8 Å². The maximum atomic E-state index is 13.0. The first-order chi connectivity index (χ1) is 15.6. The van der Waals surface area contributed by atoms with Crippen molar-refractivity contribution in [2.24, 2.45) is 0 Å². The zero-order valence-corrected chi connectivity index (χ0v) is 19.5. The molecule has 0 spiro atoms. The fraction of sp³-hybridized carbons (Fsp3) is 0.320. The van der Waals surface area contributed by atoms with E-state index < -0.39 is 0 Å². The van der Waals surface area contributed by atoms with Gasteiger partial charge in [0.25, 0.3) is 5.91 Å². The van der Waals surface area contributed by atoms with Gasteiger partial charge in [0.05, 0.1) is 23.6 Å². The molecule has 164 valence electrons. The number of carbonyl (C=O) groups excluding carboxylic acids is 1. The van der Waals surface area contributed by atoms with E-state index in [2.05, 4.69) is 6.07 Å². The number of hydrogen-bond acceptors (Lipinski definition) is 6. The lowest BCUT2D eigenvalue weighted by Gasteiger charge is -2.29. The molecule has 0 N–H and O–H groups in total. The number of benzene rings is 2. The van der Waals surface area contributed by atoms with Crippen LogP contribution < -0.4 is 9.47 Å². The Bertz CT molecular complexity index is 1100. The minimum atomic E-state index is -0.000645. The first kappa shape index (κ1) is 22.4. The molecule has 1 saturated heterocycles. The van der Waals surface area contributed by atoms with Gasteiger partial charge in [-0.25, -0.2) is 0 Å². The summed E-state index contributed by atoms with van der Waals surface area (Å²) in [6, 6.07) is 15.3. The first-order valence-electron chi connectivity index (χ1n) is 10.7. The summed E-state index contributed by atoms with van der Waals surface area (Å²) in [6.07, 6.45) is 7.44. The fourth-order valence-corrected chi connectivity index (χ4v) is 5.49. The van der Waals surface area contributed by atoms with Crippen molar-refractivity contribution >= 4 is 40.3 Å². The average molecular weight is 465 g/mol. The zero-order valence-electron chi connectivity index (χ0n) is 17.9. The zero-order chi connectivity index (χ0) is 22.5. The standard InChI is InChI=1S/C25H24N2O3S2/c1-29-22-13-17(11-12-21(22)30-16-19-8-6-5-7-18(19)15-26)14-23-24(28)27(25(31)32-23)20-9-3-2-4-10-20/h5-8,11-14,20H,2-4,9-10,16H2,1H3. The second-order valence-corrected chi connectivity index (χ2v) is 9.49. The Morgan fingerprint density at radius 3 is 2.72 bits per heavy atom. The van der Waals surface area contributed by atoms with Crippen LogP contribution in [0.25, 0.3) is 6.08 Å². The van der Waals surface area contributed by atoms with Gasteiger partial charge in [-0.15, -0.1) is 0 Å². The van der Waals surface area contributed by atoms with Crippen LogP contribution in [0.3, 0.4) is 0 Å². The van der Waals surface area contributed by atoms with E-state index in [4.69, 9.17) is 21.7 Å². The number of thiocarbonyl (C=S) groups is 1. The molecule has 1 amide bonds. The summed E-state index contributed by atoms with van der Waals surface area (Å²) in [5, 5.41) is 9.25. The maximum Gasteiger partial charge on any atom is 0.266 e. The van der Waals surface area contributed by atoms with Crippen LogP contribution in [0.4, 0.5) is 0 Å². The minimum Gasteiger partial charge on any atom is -0.493 e. The molecule has 0 unspecified atom stereocenters. The van der Waals surface area contributed by atoms with E-state index in [1.807, 2.05) is 47.4 Å². The number of methoxy groups -OCH3 is 1. The van der Waals surface area contributed by atoms with E-state index in [1.54, 1.807) is 13.2 Å². The molecule has 4 rings (SSSR count). The van der Waals surface area contributed by atoms with Crippen molar-refractivity contribution in [3.05, 3.63) is 64.1 Å². The molecule has 0 aromatic heterocycles. The molecule has 2 aromatic rings. The lowest BCUT2D eigenvalue weighted by molar-refractivity contribution is -0.124. The largest absolute Gasteiger partial charge is 0.493 e. The molecule has 1 aliphatic carbocycles. The third kappa shape index (κ3) is 4.82. The van der Waals surface area contributed by atoms with Crippen LogP contribution in [-0.4, -0.2) is 28.3 Å². The van der Waals surface area contributed by atoms with Crippen LogP contribution in [-0.2, 0) is 11.4 Å². The fourth-order valence-electron chi connectivity index (χ4n) is 4.09. The molecule has 5 nitrogen and oxygen atoms in total. The summed E-state index contributed by atoms with van der Waals surface area (Å²) >= 11 is 6.89. The molecular weight excluding hydrogens is 440 g/mol.